The maximum absolute atomic E-state index is 13.3. The molecule has 8 heteroatoms. The summed E-state index contributed by atoms with van der Waals surface area (Å²) in [7, 11) is 0. The fourth-order valence-electron chi connectivity index (χ4n) is 4.75. The number of amides is 2. The van der Waals surface area contributed by atoms with Gasteiger partial charge in [0.15, 0.2) is 5.76 Å². The van der Waals surface area contributed by atoms with Crippen LogP contribution in [-0.4, -0.2) is 51.8 Å². The number of β-lactam (4-membered cyclic amide) rings is 1. The summed E-state index contributed by atoms with van der Waals surface area (Å²) in [5.74, 6) is 0.915. The Labute approximate surface area is 203 Å². The van der Waals surface area contributed by atoms with E-state index < -0.39 is 6.10 Å². The predicted octanol–water partition coefficient (Wildman–Crippen LogP) is 4.67. The van der Waals surface area contributed by atoms with E-state index in [1.807, 2.05) is 22.4 Å². The van der Waals surface area contributed by atoms with Gasteiger partial charge in [-0.25, -0.2) is 4.98 Å². The van der Waals surface area contributed by atoms with Gasteiger partial charge in [-0.3, -0.25) is 9.59 Å². The molecule has 2 aliphatic rings. The molecule has 34 heavy (non-hydrogen) atoms. The third-order valence-corrected chi connectivity index (χ3v) is 7.30. The van der Waals surface area contributed by atoms with Crippen molar-refractivity contribution < 1.29 is 18.7 Å². The van der Waals surface area contributed by atoms with Crippen molar-refractivity contribution in [3.05, 3.63) is 70.6 Å². The van der Waals surface area contributed by atoms with Crippen molar-refractivity contribution >= 4 is 23.2 Å². The Morgan fingerprint density at radius 2 is 1.88 bits per heavy atom. The highest BCUT2D eigenvalue weighted by atomic mass is 32.1. The average molecular weight is 480 g/mol. The summed E-state index contributed by atoms with van der Waals surface area (Å²) in [6.45, 7) is 7.67. The van der Waals surface area contributed by atoms with Gasteiger partial charge in [-0.15, -0.1) is 11.3 Å². The lowest BCUT2D eigenvalue weighted by Gasteiger charge is -2.51. The maximum Gasteiger partial charge on any atom is 0.289 e. The quantitative estimate of drug-likeness (QED) is 0.497. The fraction of sp³-hybridized carbons (Fsp3) is 0.423. The van der Waals surface area contributed by atoms with Crippen molar-refractivity contribution in [3.8, 4) is 5.75 Å². The summed E-state index contributed by atoms with van der Waals surface area (Å²) >= 11 is 1.51. The van der Waals surface area contributed by atoms with Gasteiger partial charge in [-0.1, -0.05) is 32.9 Å². The molecular formula is C26H29N3O4S. The van der Waals surface area contributed by atoms with Crippen molar-refractivity contribution in [1.29, 1.82) is 0 Å². The zero-order valence-corrected chi connectivity index (χ0v) is 20.5. The number of ether oxygens (including phenoxy) is 1. The number of rotatable bonds is 5. The predicted molar refractivity (Wildman–Crippen MR) is 129 cm³/mol. The molecule has 2 unspecified atom stereocenters. The van der Waals surface area contributed by atoms with Gasteiger partial charge in [0.25, 0.3) is 11.8 Å². The van der Waals surface area contributed by atoms with Crippen molar-refractivity contribution in [2.45, 2.75) is 57.2 Å². The number of nitrogens with zero attached hydrogens (tertiary/aromatic N) is 3. The van der Waals surface area contributed by atoms with E-state index in [1.54, 1.807) is 22.5 Å². The zero-order valence-electron chi connectivity index (χ0n) is 19.6. The number of carbonyl (C=O) groups is 2. The molecule has 0 N–H and O–H groups in total. The minimum absolute atomic E-state index is 0.0197. The van der Waals surface area contributed by atoms with Crippen LogP contribution in [0.3, 0.4) is 0 Å². The van der Waals surface area contributed by atoms with Gasteiger partial charge in [0.1, 0.15) is 11.8 Å². The van der Waals surface area contributed by atoms with E-state index in [2.05, 4.69) is 37.9 Å². The van der Waals surface area contributed by atoms with E-state index in [-0.39, 0.29) is 29.3 Å². The minimum atomic E-state index is -0.592. The molecule has 0 radical (unpaired) electrons. The lowest BCUT2D eigenvalue weighted by Crippen LogP contribution is -2.65. The highest BCUT2D eigenvalue weighted by Crippen LogP contribution is 2.41. The van der Waals surface area contributed by atoms with E-state index in [0.29, 0.717) is 37.4 Å². The minimum Gasteiger partial charge on any atom is -0.478 e. The first-order valence-corrected chi connectivity index (χ1v) is 12.6. The molecular weight excluding hydrogens is 450 g/mol. The molecule has 2 fully saturated rings. The first kappa shape index (κ1) is 22.7. The summed E-state index contributed by atoms with van der Waals surface area (Å²) in [5.41, 5.74) is 3.91. The summed E-state index contributed by atoms with van der Waals surface area (Å²) in [4.78, 5) is 34.1. The van der Waals surface area contributed by atoms with E-state index >= 15 is 0 Å². The fourth-order valence-corrected chi connectivity index (χ4v) is 5.34. The Hall–Kier alpha value is -3.13. The zero-order chi connectivity index (χ0) is 23.9. The largest absolute Gasteiger partial charge is 0.478 e. The molecule has 0 aliphatic carbocycles. The number of hydrogen-bond donors (Lipinski definition) is 0. The third kappa shape index (κ3) is 4.22. The van der Waals surface area contributed by atoms with Crippen molar-refractivity contribution in [1.82, 2.24) is 14.8 Å². The van der Waals surface area contributed by atoms with Gasteiger partial charge in [0.2, 0.25) is 6.10 Å². The van der Waals surface area contributed by atoms with Gasteiger partial charge in [-0.2, -0.15) is 0 Å². The second kappa shape index (κ2) is 8.91. The van der Waals surface area contributed by atoms with Gasteiger partial charge in [-0.05, 0) is 48.1 Å². The highest BCUT2D eigenvalue weighted by Gasteiger charge is 2.54. The molecule has 178 valence electrons. The molecule has 3 aromatic rings. The highest BCUT2D eigenvalue weighted by molar-refractivity contribution is 7.07. The molecule has 0 bridgehead atoms. The van der Waals surface area contributed by atoms with Gasteiger partial charge in [0, 0.05) is 24.5 Å². The second-order valence-corrected chi connectivity index (χ2v) is 10.6. The van der Waals surface area contributed by atoms with Gasteiger partial charge in [0.05, 0.1) is 17.5 Å². The molecule has 7 nitrogen and oxygen atoms in total. The van der Waals surface area contributed by atoms with E-state index in [4.69, 9.17) is 9.15 Å². The maximum atomic E-state index is 13.3. The summed E-state index contributed by atoms with van der Waals surface area (Å²) in [5, 5.41) is 1.98. The lowest BCUT2D eigenvalue weighted by molar-refractivity contribution is -0.171. The van der Waals surface area contributed by atoms with Crippen LogP contribution in [0.25, 0.3) is 0 Å². The van der Waals surface area contributed by atoms with Crippen LogP contribution in [0, 0.1) is 0 Å². The van der Waals surface area contributed by atoms with Crippen molar-refractivity contribution in [2.75, 3.05) is 13.1 Å². The van der Waals surface area contributed by atoms with E-state index in [1.165, 1.54) is 23.2 Å². The van der Waals surface area contributed by atoms with Crippen LogP contribution >= 0.6 is 11.3 Å². The van der Waals surface area contributed by atoms with Crippen LogP contribution < -0.4 is 4.74 Å². The molecule has 5 rings (SSSR count). The summed E-state index contributed by atoms with van der Waals surface area (Å²) < 4.78 is 11.4. The summed E-state index contributed by atoms with van der Waals surface area (Å²) in [6, 6.07) is 11.2. The molecule has 0 saturated carbocycles. The SMILES string of the molecule is CC(C)(C)c1ccc(OC2C(=O)N(C3CCN(C(=O)c4ccco4)CC3)C2c2cscn2)cc1. The van der Waals surface area contributed by atoms with Crippen LogP contribution in [0.4, 0.5) is 0 Å². The Bertz CT molecular complexity index is 1130. The lowest BCUT2D eigenvalue weighted by atomic mass is 9.87. The Morgan fingerprint density at radius 3 is 2.47 bits per heavy atom. The first-order valence-electron chi connectivity index (χ1n) is 11.6. The van der Waals surface area contributed by atoms with E-state index in [0.717, 1.165) is 5.69 Å². The second-order valence-electron chi connectivity index (χ2n) is 9.92. The van der Waals surface area contributed by atoms with Crippen molar-refractivity contribution in [2.24, 2.45) is 0 Å². The Kier molecular flexibility index (Phi) is 5.93. The third-order valence-electron chi connectivity index (χ3n) is 6.70. The van der Waals surface area contributed by atoms with Crippen LogP contribution in [-0.2, 0) is 10.2 Å². The number of thiazole rings is 1. The Balaban J connectivity index is 1.28. The van der Waals surface area contributed by atoms with Crippen LogP contribution in [0.15, 0.2) is 58.0 Å². The molecule has 4 heterocycles. The van der Waals surface area contributed by atoms with Crippen LogP contribution in [0.2, 0.25) is 0 Å². The van der Waals surface area contributed by atoms with Gasteiger partial charge >= 0.3 is 0 Å². The smallest absolute Gasteiger partial charge is 0.289 e. The Morgan fingerprint density at radius 1 is 1.15 bits per heavy atom. The number of hydrogen-bond acceptors (Lipinski definition) is 6. The standard InChI is InChI=1S/C26H29N3O4S/c1-26(2,3)17-6-8-19(9-7-17)33-23-22(20-15-34-16-27-20)29(25(23)31)18-10-12-28(13-11-18)24(30)21-5-4-14-32-21/h4-9,14-16,18,22-23H,10-13H2,1-3H3. The normalized spacial score (nSPS) is 21.4. The topological polar surface area (TPSA) is 75.9 Å². The number of carbonyl (C=O) groups excluding carboxylic acids is 2. The molecule has 2 saturated heterocycles. The molecule has 1 aromatic carbocycles. The number of likely N-dealkylation sites (tertiary alicyclic amines) is 2. The number of furan rings is 1. The molecule has 0 spiro atoms. The monoisotopic (exact) mass is 479 g/mol. The molecule has 2 amide bonds. The van der Waals surface area contributed by atoms with Gasteiger partial charge < -0.3 is 19.0 Å². The number of aromatic nitrogens is 1. The molecule has 2 atom stereocenters. The van der Waals surface area contributed by atoms with Crippen molar-refractivity contribution in [3.63, 3.8) is 0 Å². The summed E-state index contributed by atoms with van der Waals surface area (Å²) in [6.07, 6.45) is 2.34. The number of piperidine rings is 1. The van der Waals surface area contributed by atoms with E-state index in [9.17, 15) is 9.59 Å². The first-order chi connectivity index (χ1) is 16.3. The van der Waals surface area contributed by atoms with Crippen LogP contribution in [0.5, 0.6) is 5.75 Å². The molecule has 2 aliphatic heterocycles. The van der Waals surface area contributed by atoms with Crippen LogP contribution in [0.1, 0.15) is 61.5 Å². The average Bonchev–Trinajstić information content (AvgIpc) is 3.55. The number of benzene rings is 1. The molecule has 2 aromatic heterocycles.